The molecule has 1 N–H and O–H groups in total. The van der Waals surface area contributed by atoms with E-state index in [1.807, 2.05) is 24.3 Å². The van der Waals surface area contributed by atoms with Crippen molar-refractivity contribution in [2.24, 2.45) is 0 Å². The van der Waals surface area contributed by atoms with Gasteiger partial charge >= 0.3 is 0 Å². The van der Waals surface area contributed by atoms with Gasteiger partial charge in [0.1, 0.15) is 12.4 Å². The molecule has 0 unspecified atom stereocenters. The molecule has 1 aromatic rings. The van der Waals surface area contributed by atoms with Crippen molar-refractivity contribution in [2.45, 2.75) is 0 Å². The predicted molar refractivity (Wildman–Crippen MR) is 76.9 cm³/mol. The minimum Gasteiger partial charge on any atom is -0.491 e. The molecule has 2 rings (SSSR count). The van der Waals surface area contributed by atoms with Crippen LogP contribution in [0.3, 0.4) is 0 Å². The highest BCUT2D eigenvalue weighted by molar-refractivity contribution is 6.32. The molecule has 1 fully saturated rings. The molecule has 0 spiro atoms. The van der Waals surface area contributed by atoms with E-state index in [4.69, 9.17) is 21.4 Å². The fourth-order valence-electron chi connectivity index (χ4n) is 2.22. The van der Waals surface area contributed by atoms with Gasteiger partial charge in [0.15, 0.2) is 0 Å². The van der Waals surface area contributed by atoms with Crippen LogP contribution in [0.25, 0.3) is 0 Å². The molecular weight excluding hydrogens is 264 g/mol. The van der Waals surface area contributed by atoms with Crippen LogP contribution in [0.2, 0.25) is 5.02 Å². The molecule has 1 saturated heterocycles. The number of rotatable bonds is 6. The molecule has 1 heterocycles. The van der Waals surface area contributed by atoms with E-state index in [1.165, 1.54) is 0 Å². The number of hydrogen-bond acceptors (Lipinski definition) is 4. The zero-order valence-corrected chi connectivity index (χ0v) is 11.9. The monoisotopic (exact) mass is 284 g/mol. The topological polar surface area (TPSA) is 35.9 Å². The summed E-state index contributed by atoms with van der Waals surface area (Å²) < 4.78 is 5.69. The van der Waals surface area contributed by atoms with Gasteiger partial charge in [0.2, 0.25) is 0 Å². The molecule has 0 aromatic heterocycles. The van der Waals surface area contributed by atoms with E-state index in [1.54, 1.807) is 0 Å². The quantitative estimate of drug-likeness (QED) is 0.855. The molecule has 0 aliphatic carbocycles. The Kier molecular flexibility index (Phi) is 5.92. The van der Waals surface area contributed by atoms with Gasteiger partial charge in [-0.3, -0.25) is 9.80 Å². The maximum absolute atomic E-state index is 8.89. The summed E-state index contributed by atoms with van der Waals surface area (Å²) in [5, 5.41) is 9.55. The SMILES string of the molecule is OCCN1CCN(CCOc2ccccc2Cl)CC1. The van der Waals surface area contributed by atoms with E-state index in [-0.39, 0.29) is 6.61 Å². The lowest BCUT2D eigenvalue weighted by molar-refractivity contribution is 0.102. The van der Waals surface area contributed by atoms with Crippen molar-refractivity contribution >= 4 is 11.6 Å². The lowest BCUT2D eigenvalue weighted by Crippen LogP contribution is -2.48. The number of ether oxygens (including phenoxy) is 1. The zero-order chi connectivity index (χ0) is 13.5. The van der Waals surface area contributed by atoms with E-state index >= 15 is 0 Å². The van der Waals surface area contributed by atoms with Gasteiger partial charge in [0, 0.05) is 39.3 Å². The standard InChI is InChI=1S/C14H21ClN2O2/c15-13-3-1-2-4-14(13)19-12-10-17-7-5-16(6-8-17)9-11-18/h1-4,18H,5-12H2. The fourth-order valence-corrected chi connectivity index (χ4v) is 2.41. The lowest BCUT2D eigenvalue weighted by Gasteiger charge is -2.34. The van der Waals surface area contributed by atoms with E-state index in [0.717, 1.165) is 45.0 Å². The Balaban J connectivity index is 1.66. The number of piperazine rings is 1. The molecule has 0 saturated carbocycles. The summed E-state index contributed by atoms with van der Waals surface area (Å²) in [5.74, 6) is 0.753. The van der Waals surface area contributed by atoms with Gasteiger partial charge in [-0.1, -0.05) is 23.7 Å². The van der Waals surface area contributed by atoms with Gasteiger partial charge in [-0.25, -0.2) is 0 Å². The van der Waals surface area contributed by atoms with Gasteiger partial charge in [-0.15, -0.1) is 0 Å². The summed E-state index contributed by atoms with van der Waals surface area (Å²) in [5.41, 5.74) is 0. The average molecular weight is 285 g/mol. The molecule has 0 amide bonds. The lowest BCUT2D eigenvalue weighted by atomic mass is 10.3. The first-order valence-corrected chi connectivity index (χ1v) is 7.10. The van der Waals surface area contributed by atoms with Crippen LogP contribution >= 0.6 is 11.6 Å². The molecular formula is C14H21ClN2O2. The van der Waals surface area contributed by atoms with Gasteiger partial charge < -0.3 is 9.84 Å². The molecule has 0 atom stereocenters. The highest BCUT2D eigenvalue weighted by Crippen LogP contribution is 2.22. The highest BCUT2D eigenvalue weighted by Gasteiger charge is 2.15. The summed E-state index contributed by atoms with van der Waals surface area (Å²) >= 11 is 6.03. The Hall–Kier alpha value is -0.810. The van der Waals surface area contributed by atoms with Gasteiger partial charge in [-0.2, -0.15) is 0 Å². The molecule has 0 radical (unpaired) electrons. The summed E-state index contributed by atoms with van der Waals surface area (Å²) in [6, 6.07) is 7.55. The van der Waals surface area contributed by atoms with Gasteiger partial charge in [-0.05, 0) is 12.1 Å². The van der Waals surface area contributed by atoms with Crippen LogP contribution in [0.5, 0.6) is 5.75 Å². The van der Waals surface area contributed by atoms with Gasteiger partial charge in [0.05, 0.1) is 11.6 Å². The highest BCUT2D eigenvalue weighted by atomic mass is 35.5. The first kappa shape index (κ1) is 14.6. The molecule has 106 valence electrons. The number of halogens is 1. The largest absolute Gasteiger partial charge is 0.491 e. The summed E-state index contributed by atoms with van der Waals surface area (Å²) in [4.78, 5) is 4.66. The second-order valence-corrected chi connectivity index (χ2v) is 5.09. The second-order valence-electron chi connectivity index (χ2n) is 4.69. The first-order chi connectivity index (χ1) is 9.29. The van der Waals surface area contributed by atoms with Crippen molar-refractivity contribution in [1.82, 2.24) is 9.80 Å². The van der Waals surface area contributed by atoms with Crippen LogP contribution in [-0.2, 0) is 0 Å². The normalized spacial score (nSPS) is 17.6. The van der Waals surface area contributed by atoms with Crippen molar-refractivity contribution in [2.75, 3.05) is 52.5 Å². The van der Waals surface area contributed by atoms with Crippen LogP contribution in [0.15, 0.2) is 24.3 Å². The van der Waals surface area contributed by atoms with Crippen LogP contribution < -0.4 is 4.74 Å². The number of nitrogens with zero attached hydrogens (tertiary/aromatic N) is 2. The summed E-state index contributed by atoms with van der Waals surface area (Å²) in [6.07, 6.45) is 0. The third kappa shape index (κ3) is 4.66. The molecule has 19 heavy (non-hydrogen) atoms. The van der Waals surface area contributed by atoms with Crippen molar-refractivity contribution in [1.29, 1.82) is 0 Å². The second kappa shape index (κ2) is 7.70. The van der Waals surface area contributed by atoms with Crippen LogP contribution in [-0.4, -0.2) is 67.4 Å². The van der Waals surface area contributed by atoms with Crippen molar-refractivity contribution in [3.63, 3.8) is 0 Å². The van der Waals surface area contributed by atoms with Crippen LogP contribution in [0.1, 0.15) is 0 Å². The predicted octanol–water partition coefficient (Wildman–Crippen LogP) is 1.33. The third-order valence-electron chi connectivity index (χ3n) is 3.38. The first-order valence-electron chi connectivity index (χ1n) is 6.72. The summed E-state index contributed by atoms with van der Waals surface area (Å²) in [6.45, 7) is 6.71. The molecule has 4 nitrogen and oxygen atoms in total. The van der Waals surface area contributed by atoms with Gasteiger partial charge in [0.25, 0.3) is 0 Å². The zero-order valence-electron chi connectivity index (χ0n) is 11.1. The Labute approximate surface area is 119 Å². The Morgan fingerprint density at radius 2 is 1.68 bits per heavy atom. The van der Waals surface area contributed by atoms with Crippen LogP contribution in [0.4, 0.5) is 0 Å². The minimum atomic E-state index is 0.246. The number of para-hydroxylation sites is 1. The molecule has 5 heteroatoms. The third-order valence-corrected chi connectivity index (χ3v) is 3.70. The van der Waals surface area contributed by atoms with E-state index in [2.05, 4.69) is 9.80 Å². The smallest absolute Gasteiger partial charge is 0.137 e. The number of β-amino-alcohol motifs (C(OH)–C–C–N with tert-alkyl or cyclic N) is 1. The van der Waals surface area contributed by atoms with E-state index < -0.39 is 0 Å². The van der Waals surface area contributed by atoms with E-state index in [9.17, 15) is 0 Å². The Morgan fingerprint density at radius 1 is 1.05 bits per heavy atom. The van der Waals surface area contributed by atoms with E-state index in [0.29, 0.717) is 11.6 Å². The van der Waals surface area contributed by atoms with Crippen LogP contribution in [0, 0.1) is 0 Å². The maximum Gasteiger partial charge on any atom is 0.137 e. The molecule has 1 aliphatic rings. The molecule has 1 aromatic carbocycles. The minimum absolute atomic E-state index is 0.246. The number of benzene rings is 1. The Morgan fingerprint density at radius 3 is 2.32 bits per heavy atom. The summed E-state index contributed by atoms with van der Waals surface area (Å²) in [7, 11) is 0. The molecule has 0 bridgehead atoms. The number of aliphatic hydroxyl groups excluding tert-OH is 1. The fraction of sp³-hybridized carbons (Fsp3) is 0.571. The number of hydrogen-bond donors (Lipinski definition) is 1. The van der Waals surface area contributed by atoms with Crippen molar-refractivity contribution < 1.29 is 9.84 Å². The van der Waals surface area contributed by atoms with Crippen molar-refractivity contribution in [3.05, 3.63) is 29.3 Å². The van der Waals surface area contributed by atoms with Crippen molar-refractivity contribution in [3.8, 4) is 5.75 Å². The molecule has 1 aliphatic heterocycles. The Bertz CT molecular complexity index is 381. The average Bonchev–Trinajstić information content (AvgIpc) is 2.43. The maximum atomic E-state index is 8.89. The number of aliphatic hydroxyl groups is 1.